The van der Waals surface area contributed by atoms with Crippen molar-refractivity contribution in [2.45, 2.75) is 13.5 Å². The third-order valence-corrected chi connectivity index (χ3v) is 3.38. The number of hydrogen-bond acceptors (Lipinski definition) is 3. The van der Waals surface area contributed by atoms with Crippen LogP contribution < -0.4 is 4.74 Å². The summed E-state index contributed by atoms with van der Waals surface area (Å²) in [6.07, 6.45) is 1.54. The summed E-state index contributed by atoms with van der Waals surface area (Å²) in [6.45, 7) is 3.11. The van der Waals surface area contributed by atoms with Crippen molar-refractivity contribution >= 4 is 17.5 Å². The number of carbonyl (C=O) groups excluding carboxylic acids is 1. The highest BCUT2D eigenvalue weighted by Crippen LogP contribution is 2.15. The molecule has 1 heterocycles. The Morgan fingerprint density at radius 3 is 2.57 bits per heavy atom. The molecule has 1 aromatic heterocycles. The van der Waals surface area contributed by atoms with E-state index < -0.39 is 0 Å². The maximum absolute atomic E-state index is 12.5. The molecule has 2 rings (SSSR count). The molecule has 0 aliphatic carbocycles. The van der Waals surface area contributed by atoms with E-state index in [0.29, 0.717) is 23.8 Å². The van der Waals surface area contributed by atoms with Crippen molar-refractivity contribution in [2.75, 3.05) is 13.7 Å². The molecule has 0 radical (unpaired) electrons. The lowest BCUT2D eigenvalue weighted by Crippen LogP contribution is -2.30. The normalized spacial score (nSPS) is 10.2. The zero-order valence-electron chi connectivity index (χ0n) is 12.0. The van der Waals surface area contributed by atoms with Gasteiger partial charge in [-0.2, -0.15) is 0 Å². The van der Waals surface area contributed by atoms with Crippen LogP contribution in [0.5, 0.6) is 5.75 Å². The summed E-state index contributed by atoms with van der Waals surface area (Å²) in [6, 6.07) is 10.9. The molecule has 0 bridgehead atoms. The first-order valence-electron chi connectivity index (χ1n) is 6.67. The highest BCUT2D eigenvalue weighted by molar-refractivity contribution is 6.29. The van der Waals surface area contributed by atoms with E-state index in [-0.39, 0.29) is 5.91 Å². The van der Waals surface area contributed by atoms with Crippen molar-refractivity contribution < 1.29 is 9.53 Å². The van der Waals surface area contributed by atoms with Crippen molar-refractivity contribution in [3.63, 3.8) is 0 Å². The fraction of sp³-hybridized carbons (Fsp3) is 0.250. The van der Waals surface area contributed by atoms with Gasteiger partial charge < -0.3 is 9.64 Å². The Morgan fingerprint density at radius 1 is 1.29 bits per heavy atom. The summed E-state index contributed by atoms with van der Waals surface area (Å²) in [7, 11) is 1.63. The predicted octanol–water partition coefficient (Wildman–Crippen LogP) is 3.41. The lowest BCUT2D eigenvalue weighted by atomic mass is 10.1. The molecule has 0 fully saturated rings. The summed E-state index contributed by atoms with van der Waals surface area (Å²) < 4.78 is 5.13. The zero-order valence-corrected chi connectivity index (χ0v) is 12.8. The van der Waals surface area contributed by atoms with E-state index >= 15 is 0 Å². The van der Waals surface area contributed by atoms with Gasteiger partial charge in [0.15, 0.2) is 0 Å². The Kier molecular flexibility index (Phi) is 5.17. The second-order valence-electron chi connectivity index (χ2n) is 4.53. The molecule has 1 amide bonds. The number of methoxy groups -OCH3 is 1. The first-order valence-corrected chi connectivity index (χ1v) is 7.05. The van der Waals surface area contributed by atoms with Crippen LogP contribution in [0.2, 0.25) is 5.15 Å². The lowest BCUT2D eigenvalue weighted by Gasteiger charge is -2.21. The number of hydrogen-bond donors (Lipinski definition) is 0. The quantitative estimate of drug-likeness (QED) is 0.795. The maximum Gasteiger partial charge on any atom is 0.254 e. The largest absolute Gasteiger partial charge is 0.497 e. The van der Waals surface area contributed by atoms with Crippen LogP contribution in [0.4, 0.5) is 0 Å². The Balaban J connectivity index is 2.13. The van der Waals surface area contributed by atoms with E-state index in [9.17, 15) is 4.79 Å². The molecule has 4 nitrogen and oxygen atoms in total. The number of ether oxygens (including phenoxy) is 1. The van der Waals surface area contributed by atoms with Gasteiger partial charge >= 0.3 is 0 Å². The number of halogens is 1. The van der Waals surface area contributed by atoms with Crippen molar-refractivity contribution in [1.82, 2.24) is 9.88 Å². The van der Waals surface area contributed by atoms with Gasteiger partial charge in [-0.05, 0) is 36.8 Å². The van der Waals surface area contributed by atoms with Crippen LogP contribution in [0.1, 0.15) is 22.8 Å². The SMILES string of the molecule is CCN(Cc1ccc(OC)cc1)C(=O)c1ccnc(Cl)c1. The van der Waals surface area contributed by atoms with Gasteiger partial charge in [0.05, 0.1) is 7.11 Å². The van der Waals surface area contributed by atoms with Gasteiger partial charge in [0.2, 0.25) is 0 Å². The minimum absolute atomic E-state index is 0.0578. The van der Waals surface area contributed by atoms with Crippen LogP contribution in [-0.2, 0) is 6.54 Å². The standard InChI is InChI=1S/C16H17ClN2O2/c1-3-19(11-12-4-6-14(21-2)7-5-12)16(20)13-8-9-18-15(17)10-13/h4-10H,3,11H2,1-2H3. The molecular weight excluding hydrogens is 288 g/mol. The van der Waals surface area contributed by atoms with E-state index in [0.717, 1.165) is 11.3 Å². The fourth-order valence-electron chi connectivity index (χ4n) is 2.00. The third kappa shape index (κ3) is 3.95. The average molecular weight is 305 g/mol. The highest BCUT2D eigenvalue weighted by Gasteiger charge is 2.15. The molecule has 0 saturated carbocycles. The van der Waals surface area contributed by atoms with Gasteiger partial charge in [0, 0.05) is 24.8 Å². The molecule has 0 aliphatic heterocycles. The van der Waals surface area contributed by atoms with E-state index in [1.54, 1.807) is 24.1 Å². The molecule has 1 aromatic carbocycles. The molecule has 0 spiro atoms. The number of benzene rings is 1. The molecule has 21 heavy (non-hydrogen) atoms. The van der Waals surface area contributed by atoms with E-state index in [2.05, 4.69) is 4.98 Å². The zero-order chi connectivity index (χ0) is 15.2. The molecular formula is C16H17ClN2O2. The van der Waals surface area contributed by atoms with E-state index in [1.807, 2.05) is 31.2 Å². The van der Waals surface area contributed by atoms with Crippen LogP contribution >= 0.6 is 11.6 Å². The maximum atomic E-state index is 12.5. The molecule has 110 valence electrons. The number of nitrogens with zero attached hydrogens (tertiary/aromatic N) is 2. The minimum atomic E-state index is -0.0578. The summed E-state index contributed by atoms with van der Waals surface area (Å²) in [5, 5.41) is 0.321. The highest BCUT2D eigenvalue weighted by atomic mass is 35.5. The van der Waals surface area contributed by atoms with Crippen molar-refractivity contribution in [2.24, 2.45) is 0 Å². The Bertz CT molecular complexity index is 614. The summed E-state index contributed by atoms with van der Waals surface area (Å²) >= 11 is 5.83. The number of rotatable bonds is 5. The molecule has 5 heteroatoms. The van der Waals surface area contributed by atoms with Gasteiger partial charge in [-0.3, -0.25) is 4.79 Å². The smallest absolute Gasteiger partial charge is 0.254 e. The minimum Gasteiger partial charge on any atom is -0.497 e. The second kappa shape index (κ2) is 7.09. The van der Waals surface area contributed by atoms with Gasteiger partial charge in [0.1, 0.15) is 10.9 Å². The molecule has 0 unspecified atom stereocenters. The molecule has 2 aromatic rings. The monoisotopic (exact) mass is 304 g/mol. The first kappa shape index (κ1) is 15.3. The van der Waals surface area contributed by atoms with Crippen LogP contribution in [-0.4, -0.2) is 29.4 Å². The van der Waals surface area contributed by atoms with Gasteiger partial charge in [-0.25, -0.2) is 4.98 Å². The number of amides is 1. The lowest BCUT2D eigenvalue weighted by molar-refractivity contribution is 0.0752. The van der Waals surface area contributed by atoms with E-state index in [1.165, 1.54) is 6.20 Å². The Labute approximate surface area is 129 Å². The summed E-state index contributed by atoms with van der Waals surface area (Å²) in [5.41, 5.74) is 1.59. The van der Waals surface area contributed by atoms with Crippen molar-refractivity contribution in [3.8, 4) is 5.75 Å². The van der Waals surface area contributed by atoms with Crippen LogP contribution in [0, 0.1) is 0 Å². The van der Waals surface area contributed by atoms with E-state index in [4.69, 9.17) is 16.3 Å². The number of pyridine rings is 1. The van der Waals surface area contributed by atoms with Crippen LogP contribution in [0.25, 0.3) is 0 Å². The Morgan fingerprint density at radius 2 is 2.00 bits per heavy atom. The summed E-state index contributed by atoms with van der Waals surface area (Å²) in [5.74, 6) is 0.742. The van der Waals surface area contributed by atoms with Gasteiger partial charge in [0.25, 0.3) is 5.91 Å². The molecule has 0 N–H and O–H groups in total. The van der Waals surface area contributed by atoms with Crippen LogP contribution in [0.15, 0.2) is 42.6 Å². The van der Waals surface area contributed by atoms with Crippen molar-refractivity contribution in [1.29, 1.82) is 0 Å². The van der Waals surface area contributed by atoms with Gasteiger partial charge in [-0.15, -0.1) is 0 Å². The fourth-order valence-corrected chi connectivity index (χ4v) is 2.17. The third-order valence-electron chi connectivity index (χ3n) is 3.17. The van der Waals surface area contributed by atoms with Gasteiger partial charge in [-0.1, -0.05) is 23.7 Å². The average Bonchev–Trinajstić information content (AvgIpc) is 2.52. The predicted molar refractivity (Wildman–Crippen MR) is 82.7 cm³/mol. The van der Waals surface area contributed by atoms with Crippen molar-refractivity contribution in [3.05, 3.63) is 58.9 Å². The first-order chi connectivity index (χ1) is 10.1. The second-order valence-corrected chi connectivity index (χ2v) is 4.92. The topological polar surface area (TPSA) is 42.4 Å². The molecule has 0 saturated heterocycles. The molecule has 0 atom stereocenters. The number of carbonyl (C=O) groups is 1. The van der Waals surface area contributed by atoms with Crippen LogP contribution in [0.3, 0.4) is 0 Å². The number of aromatic nitrogens is 1. The molecule has 0 aliphatic rings. The Hall–Kier alpha value is -2.07. The summed E-state index contributed by atoms with van der Waals surface area (Å²) in [4.78, 5) is 18.1.